The van der Waals surface area contributed by atoms with Crippen LogP contribution in [0.3, 0.4) is 0 Å². The molecule has 8 heteroatoms. The third-order valence-electron chi connectivity index (χ3n) is 4.68. The number of aromatic nitrogens is 2. The highest BCUT2D eigenvalue weighted by Crippen LogP contribution is 2.46. The normalized spacial score (nSPS) is 15.5. The maximum absolute atomic E-state index is 11.6. The van der Waals surface area contributed by atoms with E-state index in [0.29, 0.717) is 22.7 Å². The van der Waals surface area contributed by atoms with Crippen molar-refractivity contribution in [1.82, 2.24) is 9.78 Å². The Morgan fingerprint density at radius 2 is 1.89 bits per heavy atom. The lowest BCUT2D eigenvalue weighted by atomic mass is 9.83. The van der Waals surface area contributed by atoms with Crippen LogP contribution < -0.4 is 10.5 Å². The van der Waals surface area contributed by atoms with Crippen molar-refractivity contribution < 1.29 is 9.66 Å². The maximum Gasteiger partial charge on any atom is 0.273 e. The monoisotopic (exact) mass is 373 g/mol. The molecular formula is C20H15N5O3. The van der Waals surface area contributed by atoms with Gasteiger partial charge in [-0.25, -0.2) is 4.68 Å². The van der Waals surface area contributed by atoms with Crippen molar-refractivity contribution in [3.63, 3.8) is 0 Å². The fraction of sp³-hybridized carbons (Fsp3) is 0.100. The number of benzene rings is 2. The van der Waals surface area contributed by atoms with Crippen molar-refractivity contribution in [1.29, 1.82) is 5.26 Å². The van der Waals surface area contributed by atoms with Crippen LogP contribution in [-0.4, -0.2) is 14.7 Å². The summed E-state index contributed by atoms with van der Waals surface area (Å²) in [7, 11) is 0. The van der Waals surface area contributed by atoms with Crippen molar-refractivity contribution in [3.8, 4) is 17.6 Å². The Morgan fingerprint density at radius 1 is 1.21 bits per heavy atom. The van der Waals surface area contributed by atoms with Crippen molar-refractivity contribution >= 4 is 5.69 Å². The number of para-hydroxylation sites is 2. The Hall–Kier alpha value is -4.12. The number of ether oxygens (including phenoxy) is 1. The first kappa shape index (κ1) is 17.3. The van der Waals surface area contributed by atoms with Crippen LogP contribution in [0.25, 0.3) is 5.69 Å². The predicted molar refractivity (Wildman–Crippen MR) is 101 cm³/mol. The van der Waals surface area contributed by atoms with Gasteiger partial charge in [0.2, 0.25) is 11.8 Å². The number of allylic oxidation sites excluding steroid dienone is 1. The minimum absolute atomic E-state index is 0.0877. The SMILES string of the molecule is Cc1nn(-c2ccccc2)c2c1[C@H](c1ccccc1[N+](=O)[O-])C(C#N)=C(N)O2. The molecule has 3 aromatic rings. The molecule has 1 atom stereocenters. The minimum atomic E-state index is -0.743. The maximum atomic E-state index is 11.6. The van der Waals surface area contributed by atoms with E-state index in [4.69, 9.17) is 10.5 Å². The molecule has 0 fully saturated rings. The Balaban J connectivity index is 2.01. The van der Waals surface area contributed by atoms with Gasteiger partial charge in [-0.1, -0.05) is 36.4 Å². The van der Waals surface area contributed by atoms with Gasteiger partial charge in [0.05, 0.1) is 27.8 Å². The minimum Gasteiger partial charge on any atom is -0.422 e. The van der Waals surface area contributed by atoms with E-state index in [0.717, 1.165) is 5.69 Å². The molecule has 1 aromatic heterocycles. The molecule has 0 bridgehead atoms. The van der Waals surface area contributed by atoms with Gasteiger partial charge in [-0.3, -0.25) is 10.1 Å². The third kappa shape index (κ3) is 2.57. The summed E-state index contributed by atoms with van der Waals surface area (Å²) in [5.74, 6) is -0.480. The van der Waals surface area contributed by atoms with Gasteiger partial charge in [0.1, 0.15) is 11.6 Å². The topological polar surface area (TPSA) is 120 Å². The van der Waals surface area contributed by atoms with E-state index in [9.17, 15) is 15.4 Å². The van der Waals surface area contributed by atoms with Crippen LogP contribution in [0.1, 0.15) is 22.7 Å². The smallest absolute Gasteiger partial charge is 0.273 e. The van der Waals surface area contributed by atoms with Crippen LogP contribution in [0.5, 0.6) is 5.88 Å². The fourth-order valence-electron chi connectivity index (χ4n) is 3.47. The zero-order valence-electron chi connectivity index (χ0n) is 14.9. The van der Waals surface area contributed by atoms with Crippen LogP contribution in [0.2, 0.25) is 0 Å². The van der Waals surface area contributed by atoms with Gasteiger partial charge in [-0.2, -0.15) is 10.4 Å². The number of nitro benzene ring substituents is 1. The highest BCUT2D eigenvalue weighted by atomic mass is 16.6. The molecule has 0 saturated heterocycles. The summed E-state index contributed by atoms with van der Waals surface area (Å²) in [5.41, 5.74) is 8.38. The first-order chi connectivity index (χ1) is 13.5. The van der Waals surface area contributed by atoms with Crippen molar-refractivity contribution in [2.45, 2.75) is 12.8 Å². The zero-order valence-corrected chi connectivity index (χ0v) is 14.9. The van der Waals surface area contributed by atoms with E-state index < -0.39 is 10.8 Å². The Bertz CT molecular complexity index is 1160. The van der Waals surface area contributed by atoms with Crippen LogP contribution in [0.4, 0.5) is 5.69 Å². The summed E-state index contributed by atoms with van der Waals surface area (Å²) in [5, 5.41) is 25.8. The lowest BCUT2D eigenvalue weighted by Crippen LogP contribution is -2.22. The molecule has 0 unspecified atom stereocenters. The van der Waals surface area contributed by atoms with Crippen LogP contribution in [0, 0.1) is 28.4 Å². The summed E-state index contributed by atoms with van der Waals surface area (Å²) < 4.78 is 7.35. The zero-order chi connectivity index (χ0) is 19.8. The van der Waals surface area contributed by atoms with Crippen molar-refractivity contribution in [2.24, 2.45) is 5.73 Å². The van der Waals surface area contributed by atoms with E-state index in [2.05, 4.69) is 11.2 Å². The molecule has 2 aromatic carbocycles. The predicted octanol–water partition coefficient (Wildman–Crippen LogP) is 3.31. The second kappa shape index (κ2) is 6.55. The van der Waals surface area contributed by atoms with Crippen molar-refractivity contribution in [2.75, 3.05) is 0 Å². The largest absolute Gasteiger partial charge is 0.422 e. The van der Waals surface area contributed by atoms with Gasteiger partial charge in [-0.05, 0) is 19.1 Å². The molecule has 8 nitrogen and oxygen atoms in total. The second-order valence-corrected chi connectivity index (χ2v) is 6.29. The molecule has 1 aliphatic rings. The van der Waals surface area contributed by atoms with E-state index >= 15 is 0 Å². The fourth-order valence-corrected chi connectivity index (χ4v) is 3.47. The van der Waals surface area contributed by atoms with E-state index in [-0.39, 0.29) is 17.1 Å². The molecule has 2 N–H and O–H groups in total. The van der Waals surface area contributed by atoms with Gasteiger partial charge in [0, 0.05) is 11.6 Å². The summed E-state index contributed by atoms with van der Waals surface area (Å²) in [6, 6.07) is 17.7. The number of hydrogen-bond acceptors (Lipinski definition) is 6. The van der Waals surface area contributed by atoms with E-state index in [1.54, 1.807) is 29.8 Å². The molecule has 0 amide bonds. The molecule has 138 valence electrons. The summed E-state index contributed by atoms with van der Waals surface area (Å²) in [6.07, 6.45) is 0. The van der Waals surface area contributed by atoms with Gasteiger partial charge in [-0.15, -0.1) is 0 Å². The first-order valence-electron chi connectivity index (χ1n) is 8.48. The molecule has 2 heterocycles. The first-order valence-corrected chi connectivity index (χ1v) is 8.48. The molecular weight excluding hydrogens is 358 g/mol. The molecule has 0 spiro atoms. The van der Waals surface area contributed by atoms with Crippen LogP contribution in [0.15, 0.2) is 66.1 Å². The highest BCUT2D eigenvalue weighted by molar-refractivity contribution is 5.61. The average Bonchev–Trinajstić information content (AvgIpc) is 3.03. The molecule has 28 heavy (non-hydrogen) atoms. The number of aryl methyl sites for hydroxylation is 1. The van der Waals surface area contributed by atoms with Crippen molar-refractivity contribution in [3.05, 3.63) is 93.0 Å². The number of hydrogen-bond donors (Lipinski definition) is 1. The summed E-state index contributed by atoms with van der Waals surface area (Å²) in [6.45, 7) is 1.78. The standard InChI is InChI=1S/C20H15N5O3/c1-12-17-18(14-9-5-6-10-16(14)25(26)27)15(11-21)19(22)28-20(17)24(23-12)13-7-3-2-4-8-13/h2-10,18H,22H2,1H3/t18-/m1/s1. The van der Waals surface area contributed by atoms with Gasteiger partial charge >= 0.3 is 0 Å². The Labute approximate surface area is 160 Å². The Kier molecular flexibility index (Phi) is 4.05. The summed E-state index contributed by atoms with van der Waals surface area (Å²) >= 11 is 0. The van der Waals surface area contributed by atoms with Crippen LogP contribution in [-0.2, 0) is 0 Å². The average molecular weight is 373 g/mol. The molecule has 4 rings (SSSR count). The molecule has 0 radical (unpaired) electrons. The lowest BCUT2D eigenvalue weighted by Gasteiger charge is -2.24. The number of nitro groups is 1. The number of rotatable bonds is 3. The molecule has 0 saturated carbocycles. The van der Waals surface area contributed by atoms with E-state index in [1.807, 2.05) is 30.3 Å². The van der Waals surface area contributed by atoms with Crippen LogP contribution >= 0.6 is 0 Å². The molecule has 1 aliphatic heterocycles. The lowest BCUT2D eigenvalue weighted by molar-refractivity contribution is -0.385. The van der Waals surface area contributed by atoms with E-state index in [1.165, 1.54) is 6.07 Å². The summed E-state index contributed by atoms with van der Waals surface area (Å²) in [4.78, 5) is 11.1. The number of nitrogens with zero attached hydrogens (tertiary/aromatic N) is 4. The number of nitrogens with two attached hydrogens (primary N) is 1. The second-order valence-electron chi connectivity index (χ2n) is 6.29. The van der Waals surface area contributed by atoms with Gasteiger partial charge < -0.3 is 10.5 Å². The quantitative estimate of drug-likeness (QED) is 0.555. The number of fused-ring (bicyclic) bond motifs is 1. The Morgan fingerprint density at radius 3 is 2.57 bits per heavy atom. The van der Waals surface area contributed by atoms with Gasteiger partial charge in [0.15, 0.2) is 0 Å². The third-order valence-corrected chi connectivity index (χ3v) is 4.68. The van der Waals surface area contributed by atoms with Gasteiger partial charge in [0.25, 0.3) is 5.69 Å². The number of nitriles is 1. The highest BCUT2D eigenvalue weighted by Gasteiger charge is 2.38. The molecule has 0 aliphatic carbocycles.